The second kappa shape index (κ2) is 10.7. The number of nitrogens with zero attached hydrogens (tertiary/aromatic N) is 2. The van der Waals surface area contributed by atoms with E-state index in [1.807, 2.05) is 65.1 Å². The van der Waals surface area contributed by atoms with E-state index in [-0.39, 0.29) is 24.5 Å². The Morgan fingerprint density at radius 3 is 2.64 bits per heavy atom. The number of aromatic nitrogens is 2. The summed E-state index contributed by atoms with van der Waals surface area (Å²) in [6, 6.07) is 9.52. The van der Waals surface area contributed by atoms with E-state index in [4.69, 9.17) is 26.3 Å². The van der Waals surface area contributed by atoms with Crippen molar-refractivity contribution < 1.29 is 9.53 Å². The highest BCUT2D eigenvalue weighted by Crippen LogP contribution is 2.34. The molecule has 6 nitrogen and oxygen atoms in total. The molecule has 188 valence electrons. The third-order valence-electron chi connectivity index (χ3n) is 6.47. The van der Waals surface area contributed by atoms with Gasteiger partial charge in [-0.15, -0.1) is 0 Å². The number of halogens is 1. The number of nitrogens with one attached hydrogen (secondary N) is 2. The Labute approximate surface area is 217 Å². The van der Waals surface area contributed by atoms with Crippen LogP contribution in [-0.2, 0) is 11.4 Å². The number of benzene rings is 1. The Bertz CT molecular complexity index is 1360. The summed E-state index contributed by atoms with van der Waals surface area (Å²) in [6.45, 7) is 12.0. The summed E-state index contributed by atoms with van der Waals surface area (Å²) in [5, 5.41) is 7.93. The van der Waals surface area contributed by atoms with E-state index < -0.39 is 0 Å². The molecule has 1 amide bonds. The summed E-state index contributed by atoms with van der Waals surface area (Å²) >= 11 is 6.66. The van der Waals surface area contributed by atoms with Gasteiger partial charge in [-0.25, -0.2) is 4.98 Å². The van der Waals surface area contributed by atoms with Crippen LogP contribution in [-0.4, -0.2) is 22.9 Å². The minimum atomic E-state index is -0.279. The van der Waals surface area contributed by atoms with Crippen molar-refractivity contribution in [2.75, 3.05) is 7.05 Å². The fourth-order valence-electron chi connectivity index (χ4n) is 4.40. The fourth-order valence-corrected chi connectivity index (χ4v) is 4.71. The number of carbonyl (C=O) groups excluding carboxylic acids is 1. The third kappa shape index (κ3) is 5.39. The molecule has 1 aliphatic carbocycles. The molecule has 0 radical (unpaired) electrons. The molecule has 0 bridgehead atoms. The van der Waals surface area contributed by atoms with E-state index >= 15 is 0 Å². The molecule has 7 heteroatoms. The van der Waals surface area contributed by atoms with Gasteiger partial charge in [0.2, 0.25) is 5.91 Å². The molecule has 1 saturated carbocycles. The zero-order valence-corrected chi connectivity index (χ0v) is 22.3. The molecule has 3 aromatic rings. The molecule has 0 saturated heterocycles. The van der Waals surface area contributed by atoms with E-state index in [1.165, 1.54) is 0 Å². The minimum absolute atomic E-state index is 0.0678. The second-order valence-electron chi connectivity index (χ2n) is 9.38. The van der Waals surface area contributed by atoms with Crippen LogP contribution in [0.2, 0.25) is 5.02 Å². The highest BCUT2D eigenvalue weighted by atomic mass is 35.5. The molecule has 0 spiro atoms. The number of hydrogen-bond acceptors (Lipinski definition) is 5. The molecule has 1 unspecified atom stereocenters. The van der Waals surface area contributed by atoms with Gasteiger partial charge in [-0.05, 0) is 64.3 Å². The van der Waals surface area contributed by atoms with Gasteiger partial charge in [0.05, 0.1) is 16.8 Å². The molecular formula is C29H33ClN4O2. The van der Waals surface area contributed by atoms with Crippen molar-refractivity contribution in [1.29, 1.82) is 0 Å². The lowest BCUT2D eigenvalue weighted by molar-refractivity contribution is -0.122. The third-order valence-corrected chi connectivity index (χ3v) is 6.81. The number of ether oxygens (including phenoxy) is 1. The van der Waals surface area contributed by atoms with E-state index in [0.29, 0.717) is 10.8 Å². The monoisotopic (exact) mass is 504 g/mol. The van der Waals surface area contributed by atoms with E-state index in [1.54, 1.807) is 0 Å². The smallest absolute Gasteiger partial charge is 0.223 e. The Morgan fingerprint density at radius 2 is 1.97 bits per heavy atom. The topological polar surface area (TPSA) is 76.1 Å². The molecule has 2 heterocycles. The Balaban J connectivity index is 1.70. The number of hydrogen-bond donors (Lipinski definition) is 2. The number of aryl methyl sites for hydroxylation is 2. The van der Waals surface area contributed by atoms with Crippen molar-refractivity contribution in [1.82, 2.24) is 20.6 Å². The van der Waals surface area contributed by atoms with Gasteiger partial charge in [-0.3, -0.25) is 9.78 Å². The first-order valence-electron chi connectivity index (χ1n) is 12.2. The van der Waals surface area contributed by atoms with E-state index in [9.17, 15) is 4.79 Å². The number of allylic oxidation sites excluding steroid dienone is 2. The number of rotatable bonds is 9. The first-order valence-corrected chi connectivity index (χ1v) is 12.6. The van der Waals surface area contributed by atoms with Crippen LogP contribution in [0.1, 0.15) is 60.9 Å². The summed E-state index contributed by atoms with van der Waals surface area (Å²) < 4.78 is 6.34. The fraction of sp³-hybridized carbons (Fsp3) is 0.345. The second-order valence-corrected chi connectivity index (χ2v) is 9.79. The Hall–Kier alpha value is -3.38. The number of carbonyl (C=O) groups is 1. The van der Waals surface area contributed by atoms with Gasteiger partial charge < -0.3 is 15.4 Å². The van der Waals surface area contributed by atoms with Gasteiger partial charge in [0, 0.05) is 46.6 Å². The maximum atomic E-state index is 12.4. The maximum Gasteiger partial charge on any atom is 0.223 e. The minimum Gasteiger partial charge on any atom is -0.486 e. The average Bonchev–Trinajstić information content (AvgIpc) is 3.69. The summed E-state index contributed by atoms with van der Waals surface area (Å²) in [7, 11) is 1.90. The lowest BCUT2D eigenvalue weighted by atomic mass is 10.0. The molecule has 1 aliphatic rings. The van der Waals surface area contributed by atoms with Crippen molar-refractivity contribution in [3.8, 4) is 5.75 Å². The van der Waals surface area contributed by atoms with Crippen LogP contribution in [0.25, 0.3) is 16.6 Å². The lowest BCUT2D eigenvalue weighted by Gasteiger charge is -2.20. The van der Waals surface area contributed by atoms with Gasteiger partial charge in [0.1, 0.15) is 17.9 Å². The quantitative estimate of drug-likeness (QED) is 0.339. The SMILES string of the molecule is C=C/C(C)=C(\NC)c1cc(C)nc2c(OCc3c(Cl)cc(C)nc3C(C)NC(=O)C3CC3)cccc12. The summed E-state index contributed by atoms with van der Waals surface area (Å²) in [6.07, 6.45) is 3.73. The molecule has 1 fully saturated rings. The summed E-state index contributed by atoms with van der Waals surface area (Å²) in [4.78, 5) is 21.9. The van der Waals surface area contributed by atoms with Crippen LogP contribution < -0.4 is 15.4 Å². The zero-order valence-electron chi connectivity index (χ0n) is 21.5. The van der Waals surface area contributed by atoms with Crippen molar-refractivity contribution in [3.63, 3.8) is 0 Å². The highest BCUT2D eigenvalue weighted by Gasteiger charge is 2.31. The summed E-state index contributed by atoms with van der Waals surface area (Å²) in [5.41, 5.74) is 6.99. The van der Waals surface area contributed by atoms with Crippen LogP contribution in [0, 0.1) is 19.8 Å². The molecule has 2 aromatic heterocycles. The van der Waals surface area contributed by atoms with Crippen LogP contribution in [0.4, 0.5) is 0 Å². The maximum absolute atomic E-state index is 12.4. The first-order chi connectivity index (χ1) is 17.2. The van der Waals surface area contributed by atoms with Crippen LogP contribution in [0.15, 0.2) is 48.6 Å². The number of pyridine rings is 2. The summed E-state index contributed by atoms with van der Waals surface area (Å²) in [5.74, 6) is 0.840. The Kier molecular flexibility index (Phi) is 7.65. The van der Waals surface area contributed by atoms with Gasteiger partial charge in [-0.2, -0.15) is 0 Å². The molecule has 36 heavy (non-hydrogen) atoms. The van der Waals surface area contributed by atoms with Crippen LogP contribution in [0.3, 0.4) is 0 Å². The molecule has 1 atom stereocenters. The van der Waals surface area contributed by atoms with E-state index in [2.05, 4.69) is 23.3 Å². The predicted molar refractivity (Wildman–Crippen MR) is 146 cm³/mol. The number of fused-ring (bicyclic) bond motifs is 1. The van der Waals surface area contributed by atoms with Crippen LogP contribution in [0.5, 0.6) is 5.75 Å². The zero-order chi connectivity index (χ0) is 26.0. The van der Waals surface area contributed by atoms with Crippen LogP contribution >= 0.6 is 11.6 Å². The largest absolute Gasteiger partial charge is 0.486 e. The Morgan fingerprint density at radius 1 is 1.25 bits per heavy atom. The lowest BCUT2D eigenvalue weighted by Crippen LogP contribution is -2.29. The normalized spacial score (nSPS) is 14.7. The molecule has 1 aromatic carbocycles. The standard InChI is InChI=1S/C29H33ClN4O2/c1-7-16(2)26(31-6)22-13-17(3)33-28-21(22)9-8-10-25(28)36-15-23-24(30)14-18(4)32-27(23)19(5)34-29(35)20-11-12-20/h7-10,13-14,19-20,31H,1,11-12,15H2,2-6H3,(H,34,35)/b26-16-. The molecular weight excluding hydrogens is 472 g/mol. The number of amides is 1. The van der Waals surface area contributed by atoms with Gasteiger partial charge in [0.25, 0.3) is 0 Å². The van der Waals surface area contributed by atoms with Crippen molar-refractivity contribution >= 4 is 34.1 Å². The number of para-hydroxylation sites is 1. The van der Waals surface area contributed by atoms with Crippen molar-refractivity contribution in [2.24, 2.45) is 5.92 Å². The average molecular weight is 505 g/mol. The molecule has 4 rings (SSSR count). The first kappa shape index (κ1) is 25.7. The molecule has 2 N–H and O–H groups in total. The predicted octanol–water partition coefficient (Wildman–Crippen LogP) is 6.20. The highest BCUT2D eigenvalue weighted by molar-refractivity contribution is 6.31. The van der Waals surface area contributed by atoms with Crippen molar-refractivity contribution in [3.05, 3.63) is 81.8 Å². The van der Waals surface area contributed by atoms with Gasteiger partial charge in [-0.1, -0.05) is 36.4 Å². The van der Waals surface area contributed by atoms with Gasteiger partial charge in [0.15, 0.2) is 0 Å². The van der Waals surface area contributed by atoms with E-state index in [0.717, 1.165) is 63.2 Å². The van der Waals surface area contributed by atoms with Gasteiger partial charge >= 0.3 is 0 Å². The van der Waals surface area contributed by atoms with Crippen molar-refractivity contribution in [2.45, 2.75) is 53.2 Å². The molecule has 0 aliphatic heterocycles.